The molecule has 3 fully saturated rings. The molecule has 8 nitrogen and oxygen atoms in total. The molecule has 228 valence electrons. The zero-order chi connectivity index (χ0) is 29.4. The number of hydrogen-bond acceptors (Lipinski definition) is 6. The minimum absolute atomic E-state index is 0.0695. The van der Waals surface area contributed by atoms with E-state index in [0.29, 0.717) is 17.4 Å². The highest BCUT2D eigenvalue weighted by Gasteiger charge is 2.47. The van der Waals surface area contributed by atoms with Crippen LogP contribution in [-0.2, 0) is 16.1 Å². The number of likely N-dealkylation sites (tertiary alicyclic amines) is 1. The highest BCUT2D eigenvalue weighted by Crippen LogP contribution is 2.40. The van der Waals surface area contributed by atoms with Gasteiger partial charge in [-0.1, -0.05) is 70.4 Å². The first-order valence-corrected chi connectivity index (χ1v) is 17.4. The molecule has 1 aliphatic carbocycles. The van der Waals surface area contributed by atoms with Gasteiger partial charge >= 0.3 is 6.09 Å². The van der Waals surface area contributed by atoms with E-state index in [1.807, 2.05) is 26.8 Å². The molecule has 3 atom stereocenters. The summed E-state index contributed by atoms with van der Waals surface area (Å²) in [5, 5.41) is 15.9. The summed E-state index contributed by atoms with van der Waals surface area (Å²) in [6, 6.07) is 9.02. The Morgan fingerprint density at radius 2 is 1.73 bits per heavy atom. The summed E-state index contributed by atoms with van der Waals surface area (Å²) in [4.78, 5) is 43.0. The lowest BCUT2D eigenvalue weighted by atomic mass is 9.91. The number of nitrogens with zero attached hydrogens (tertiary/aromatic N) is 2. The van der Waals surface area contributed by atoms with Crippen LogP contribution < -0.4 is 10.6 Å². The third-order valence-corrected chi connectivity index (χ3v) is 11.5. The molecule has 10 heteroatoms. The van der Waals surface area contributed by atoms with Gasteiger partial charge in [0.05, 0.1) is 5.37 Å². The smallest absolute Gasteiger partial charge is 0.408 e. The van der Waals surface area contributed by atoms with Crippen molar-refractivity contribution in [3.63, 3.8) is 0 Å². The molecule has 3 amide bonds. The van der Waals surface area contributed by atoms with E-state index < -0.39 is 18.2 Å². The third-order valence-electron chi connectivity index (χ3n) is 8.44. The molecule has 0 radical (unpaired) electrons. The third kappa shape index (κ3) is 9.29. The molecular weight excluding hydrogens is 556 g/mol. The standard InChI is InChI=1S/C31H48N4O4S2/c1-31(2,3)29-35(30(38)39)26(21-41-29)28(37)33-25(20-40-19-23-12-8-5-9-13-23)27(36)32-24-14-16-34(17-15-24)18-22-10-6-4-7-11-22/h4,6-7,10-11,23-26,29H,5,8-9,12-21H2,1-3H3,(H,32,36)(H,33,37)(H,38,39)/t25-,26-,29?/m0/s1. The van der Waals surface area contributed by atoms with Crippen LogP contribution in [0.15, 0.2) is 30.3 Å². The largest absolute Gasteiger partial charge is 0.465 e. The first-order chi connectivity index (χ1) is 19.6. The van der Waals surface area contributed by atoms with Gasteiger partial charge in [-0.25, -0.2) is 4.79 Å². The number of rotatable bonds is 10. The van der Waals surface area contributed by atoms with E-state index in [0.717, 1.165) is 38.2 Å². The Bertz CT molecular complexity index is 1010. The van der Waals surface area contributed by atoms with Crippen LogP contribution in [0.2, 0.25) is 0 Å². The summed E-state index contributed by atoms with van der Waals surface area (Å²) < 4.78 is 0. The molecule has 41 heavy (non-hydrogen) atoms. The van der Waals surface area contributed by atoms with E-state index in [9.17, 15) is 19.5 Å². The minimum Gasteiger partial charge on any atom is -0.465 e. The molecule has 1 aromatic carbocycles. The van der Waals surface area contributed by atoms with E-state index in [1.54, 1.807) is 11.8 Å². The number of carbonyl (C=O) groups is 3. The van der Waals surface area contributed by atoms with Crippen LogP contribution in [0.3, 0.4) is 0 Å². The highest BCUT2D eigenvalue weighted by atomic mass is 32.2. The Morgan fingerprint density at radius 3 is 2.37 bits per heavy atom. The van der Waals surface area contributed by atoms with Crippen LogP contribution >= 0.6 is 23.5 Å². The van der Waals surface area contributed by atoms with Crippen LogP contribution in [0.1, 0.15) is 71.3 Å². The first kappa shape index (κ1) is 32.0. The van der Waals surface area contributed by atoms with Gasteiger partial charge in [0.2, 0.25) is 11.8 Å². The number of nitrogens with one attached hydrogen (secondary N) is 2. The molecular formula is C31H48N4O4S2. The van der Waals surface area contributed by atoms with Gasteiger partial charge < -0.3 is 15.7 Å². The monoisotopic (exact) mass is 604 g/mol. The lowest BCUT2D eigenvalue weighted by Crippen LogP contribution is -2.58. The van der Waals surface area contributed by atoms with E-state index in [4.69, 9.17) is 0 Å². The predicted octanol–water partition coefficient (Wildman–Crippen LogP) is 5.03. The van der Waals surface area contributed by atoms with Crippen molar-refractivity contribution in [3.8, 4) is 0 Å². The fourth-order valence-electron chi connectivity index (χ4n) is 6.15. The fraction of sp³-hybridized carbons (Fsp3) is 0.710. The van der Waals surface area contributed by atoms with Crippen molar-refractivity contribution in [3.05, 3.63) is 35.9 Å². The molecule has 1 aromatic rings. The summed E-state index contributed by atoms with van der Waals surface area (Å²) >= 11 is 3.23. The maximum atomic E-state index is 13.6. The normalized spacial score (nSPS) is 23.7. The molecule has 2 saturated heterocycles. The van der Waals surface area contributed by atoms with Gasteiger partial charge in [-0.15, -0.1) is 11.8 Å². The van der Waals surface area contributed by atoms with Gasteiger partial charge in [0.25, 0.3) is 0 Å². The highest BCUT2D eigenvalue weighted by molar-refractivity contribution is 8.00. The van der Waals surface area contributed by atoms with E-state index in [2.05, 4.69) is 39.8 Å². The van der Waals surface area contributed by atoms with Crippen molar-refractivity contribution in [1.29, 1.82) is 0 Å². The summed E-state index contributed by atoms with van der Waals surface area (Å²) in [6.45, 7) is 8.70. The fourth-order valence-corrected chi connectivity index (χ4v) is 8.99. The molecule has 2 heterocycles. The van der Waals surface area contributed by atoms with Crippen LogP contribution in [0.4, 0.5) is 4.79 Å². The number of benzene rings is 1. The number of carboxylic acid groups (broad SMARTS) is 1. The van der Waals surface area contributed by atoms with E-state index in [-0.39, 0.29) is 28.6 Å². The summed E-state index contributed by atoms with van der Waals surface area (Å²) in [5.74, 6) is 2.02. The number of thioether (sulfide) groups is 2. The van der Waals surface area contributed by atoms with Crippen molar-refractivity contribution in [2.45, 2.75) is 95.8 Å². The van der Waals surface area contributed by atoms with Crippen LogP contribution in [0.25, 0.3) is 0 Å². The van der Waals surface area contributed by atoms with Gasteiger partial charge in [-0.2, -0.15) is 11.8 Å². The van der Waals surface area contributed by atoms with E-state index in [1.165, 1.54) is 54.3 Å². The first-order valence-electron chi connectivity index (χ1n) is 15.2. The van der Waals surface area contributed by atoms with Crippen LogP contribution in [-0.4, -0.2) is 86.7 Å². The van der Waals surface area contributed by atoms with Gasteiger partial charge in [0, 0.05) is 37.2 Å². The van der Waals surface area contributed by atoms with Gasteiger partial charge in [0.15, 0.2) is 0 Å². The molecule has 3 aliphatic rings. The lowest BCUT2D eigenvalue weighted by molar-refractivity contribution is -0.131. The zero-order valence-electron chi connectivity index (χ0n) is 24.8. The maximum Gasteiger partial charge on any atom is 0.408 e. The van der Waals surface area contributed by atoms with E-state index >= 15 is 0 Å². The van der Waals surface area contributed by atoms with Gasteiger partial charge in [-0.3, -0.25) is 19.4 Å². The molecule has 1 saturated carbocycles. The number of piperidine rings is 1. The molecule has 0 aromatic heterocycles. The molecule has 1 unspecified atom stereocenters. The Kier molecular flexibility index (Phi) is 11.7. The van der Waals surface area contributed by atoms with Crippen LogP contribution in [0, 0.1) is 11.3 Å². The van der Waals surface area contributed by atoms with Gasteiger partial charge in [0.1, 0.15) is 12.1 Å². The summed E-state index contributed by atoms with van der Waals surface area (Å²) in [6.07, 6.45) is 6.97. The average molecular weight is 605 g/mol. The molecule has 3 N–H and O–H groups in total. The summed E-state index contributed by atoms with van der Waals surface area (Å²) in [7, 11) is 0. The Morgan fingerprint density at radius 1 is 1.05 bits per heavy atom. The quantitative estimate of drug-likeness (QED) is 0.344. The average Bonchev–Trinajstić information content (AvgIpc) is 3.42. The second-order valence-electron chi connectivity index (χ2n) is 12.9. The topological polar surface area (TPSA) is 102 Å². The molecule has 0 bridgehead atoms. The molecule has 2 aliphatic heterocycles. The summed E-state index contributed by atoms with van der Waals surface area (Å²) in [5.41, 5.74) is 0.988. The number of amides is 3. The maximum absolute atomic E-state index is 13.6. The van der Waals surface area contributed by atoms with Crippen molar-refractivity contribution < 1.29 is 19.5 Å². The lowest BCUT2D eigenvalue weighted by Gasteiger charge is -2.35. The molecule has 4 rings (SSSR count). The second kappa shape index (κ2) is 15.0. The zero-order valence-corrected chi connectivity index (χ0v) is 26.5. The Balaban J connectivity index is 1.35. The predicted molar refractivity (Wildman–Crippen MR) is 168 cm³/mol. The van der Waals surface area contributed by atoms with Crippen LogP contribution in [0.5, 0.6) is 0 Å². The number of carbonyl (C=O) groups excluding carboxylic acids is 2. The van der Waals surface area contributed by atoms with Crippen molar-refractivity contribution in [1.82, 2.24) is 20.4 Å². The number of hydrogen-bond donors (Lipinski definition) is 3. The SMILES string of the molecule is CC(C)(C)C1SC[C@@H](C(=O)N[C@@H](CSCC2CCCCC2)C(=O)NC2CCN(Cc3ccccc3)CC2)N1C(=O)O. The second-order valence-corrected chi connectivity index (χ2v) is 15.1. The Labute approximate surface area is 254 Å². The van der Waals surface area contributed by atoms with Crippen molar-refractivity contribution in [2.75, 3.05) is 30.3 Å². The Hall–Kier alpha value is -1.91. The molecule has 0 spiro atoms. The van der Waals surface area contributed by atoms with Gasteiger partial charge in [-0.05, 0) is 48.3 Å². The minimum atomic E-state index is -1.09. The van der Waals surface area contributed by atoms with Crippen molar-refractivity contribution >= 4 is 41.4 Å². The van der Waals surface area contributed by atoms with Crippen molar-refractivity contribution in [2.24, 2.45) is 11.3 Å².